The summed E-state index contributed by atoms with van der Waals surface area (Å²) in [6.45, 7) is 0. The van der Waals surface area contributed by atoms with E-state index in [0.29, 0.717) is 28.9 Å². The van der Waals surface area contributed by atoms with Crippen LogP contribution in [0.15, 0.2) is 85.2 Å². The van der Waals surface area contributed by atoms with E-state index in [1.54, 1.807) is 12.4 Å². The Labute approximate surface area is 207 Å². The van der Waals surface area contributed by atoms with Gasteiger partial charge >= 0.3 is 0 Å². The van der Waals surface area contributed by atoms with E-state index in [4.69, 9.17) is 0 Å². The molecule has 1 aliphatic heterocycles. The molecule has 176 valence electrons. The molecule has 0 aliphatic carbocycles. The molecule has 2 amide bonds. The van der Waals surface area contributed by atoms with Crippen LogP contribution in [0.3, 0.4) is 0 Å². The van der Waals surface area contributed by atoms with Crippen molar-refractivity contribution in [3.63, 3.8) is 0 Å². The molecule has 5 aromatic rings. The largest absolute Gasteiger partial charge is 0.325 e. The summed E-state index contributed by atoms with van der Waals surface area (Å²) in [5, 5.41) is 13.9. The molecule has 0 unspecified atom stereocenters. The predicted octanol–water partition coefficient (Wildman–Crippen LogP) is 5.82. The Morgan fingerprint density at radius 3 is 2.42 bits per heavy atom. The molecule has 0 saturated carbocycles. The lowest BCUT2D eigenvalue weighted by atomic mass is 10.00. The van der Waals surface area contributed by atoms with Crippen LogP contribution in [-0.2, 0) is 11.2 Å². The van der Waals surface area contributed by atoms with Crippen molar-refractivity contribution < 1.29 is 9.59 Å². The maximum atomic E-state index is 13.2. The van der Waals surface area contributed by atoms with Gasteiger partial charge in [-0.05, 0) is 65.4 Å². The molecule has 0 saturated heterocycles. The number of anilines is 2. The first-order valence-corrected chi connectivity index (χ1v) is 11.9. The lowest BCUT2D eigenvalue weighted by Gasteiger charge is -2.10. The number of benzene rings is 3. The van der Waals surface area contributed by atoms with Crippen molar-refractivity contribution in [2.24, 2.45) is 0 Å². The number of nitrogens with zero attached hydrogens (tertiary/aromatic N) is 2. The Balaban J connectivity index is 1.44. The van der Waals surface area contributed by atoms with Gasteiger partial charge < -0.3 is 10.6 Å². The number of rotatable bonds is 0. The van der Waals surface area contributed by atoms with Crippen LogP contribution in [0.2, 0.25) is 0 Å². The molecule has 2 aromatic heterocycles. The van der Waals surface area contributed by atoms with Gasteiger partial charge in [0.1, 0.15) is 0 Å². The standard InChI is InChI=1S/C29H23N5O2/c35-27-9-2-5-18-4-1-6-19(12-18)20-7-3-8-23(13-20)32-29(36)28-25-15-21(10-11-26(25)33-34-28)22-14-24(31-27)17-30-16-22/h1,3-4,6-8,10-17H,2,5,9H2,(H,31,35)(H,32,36)(H,33,34). The van der Waals surface area contributed by atoms with Crippen LogP contribution in [0.5, 0.6) is 0 Å². The van der Waals surface area contributed by atoms with Crippen LogP contribution in [0.4, 0.5) is 11.4 Å². The van der Waals surface area contributed by atoms with E-state index >= 15 is 0 Å². The molecule has 0 fully saturated rings. The third kappa shape index (κ3) is 4.34. The molecule has 6 rings (SSSR count). The zero-order chi connectivity index (χ0) is 24.5. The second-order valence-electron chi connectivity index (χ2n) is 8.93. The van der Waals surface area contributed by atoms with Crippen LogP contribution in [-0.4, -0.2) is 27.0 Å². The predicted molar refractivity (Wildman–Crippen MR) is 141 cm³/mol. The minimum atomic E-state index is -0.294. The molecule has 0 radical (unpaired) electrons. The number of pyridine rings is 1. The Morgan fingerprint density at radius 1 is 0.694 bits per heavy atom. The molecule has 0 spiro atoms. The van der Waals surface area contributed by atoms with Crippen molar-refractivity contribution in [2.75, 3.05) is 10.6 Å². The maximum Gasteiger partial charge on any atom is 0.276 e. The van der Waals surface area contributed by atoms with Gasteiger partial charge in [-0.2, -0.15) is 5.10 Å². The van der Waals surface area contributed by atoms with Crippen molar-refractivity contribution in [1.82, 2.24) is 15.2 Å². The minimum absolute atomic E-state index is 0.0450. The summed E-state index contributed by atoms with van der Waals surface area (Å²) in [5.41, 5.74) is 7.32. The number of hydrogen-bond acceptors (Lipinski definition) is 4. The van der Waals surface area contributed by atoms with Crippen molar-refractivity contribution in [3.8, 4) is 22.3 Å². The fourth-order valence-electron chi connectivity index (χ4n) is 4.58. The Hall–Kier alpha value is -4.78. The summed E-state index contributed by atoms with van der Waals surface area (Å²) in [6, 6.07) is 23.7. The summed E-state index contributed by atoms with van der Waals surface area (Å²) >= 11 is 0. The first-order chi connectivity index (χ1) is 17.6. The average molecular weight is 474 g/mol. The molecular formula is C29H23N5O2. The van der Waals surface area contributed by atoms with Crippen LogP contribution < -0.4 is 10.6 Å². The van der Waals surface area contributed by atoms with Crippen molar-refractivity contribution in [3.05, 3.63) is 96.4 Å². The van der Waals surface area contributed by atoms with E-state index in [1.807, 2.05) is 60.7 Å². The van der Waals surface area contributed by atoms with Gasteiger partial charge in [-0.25, -0.2) is 0 Å². The number of hydrogen-bond donors (Lipinski definition) is 3. The fraction of sp³-hybridized carbons (Fsp3) is 0.103. The highest BCUT2D eigenvalue weighted by atomic mass is 16.2. The molecule has 8 bridgehead atoms. The molecule has 3 aromatic carbocycles. The first kappa shape index (κ1) is 21.7. The minimum Gasteiger partial charge on any atom is -0.325 e. The fourth-order valence-corrected chi connectivity index (χ4v) is 4.58. The average Bonchev–Trinajstić information content (AvgIpc) is 3.32. The van der Waals surface area contributed by atoms with Gasteiger partial charge in [0.25, 0.3) is 5.91 Å². The zero-order valence-electron chi connectivity index (χ0n) is 19.4. The highest BCUT2D eigenvalue weighted by Crippen LogP contribution is 2.28. The SMILES string of the molecule is O=C1CCCc2cccc(c2)-c2cccc(c2)NC(=O)c2n[nH]c3ccc(cc23)-c2cncc(c2)N1. The van der Waals surface area contributed by atoms with Gasteiger partial charge in [-0.3, -0.25) is 19.7 Å². The third-order valence-electron chi connectivity index (χ3n) is 6.38. The molecular weight excluding hydrogens is 450 g/mol. The van der Waals surface area contributed by atoms with Crippen molar-refractivity contribution >= 4 is 34.1 Å². The summed E-state index contributed by atoms with van der Waals surface area (Å²) in [4.78, 5) is 30.1. The Bertz CT molecular complexity index is 1620. The number of fused-ring (bicyclic) bond motifs is 9. The van der Waals surface area contributed by atoms with Gasteiger partial charge in [0.2, 0.25) is 5.91 Å². The lowest BCUT2D eigenvalue weighted by Crippen LogP contribution is -2.13. The smallest absolute Gasteiger partial charge is 0.276 e. The number of aromatic amines is 1. The molecule has 3 heterocycles. The van der Waals surface area contributed by atoms with E-state index in [0.717, 1.165) is 46.2 Å². The summed E-state index contributed by atoms with van der Waals surface area (Å²) in [6.07, 6.45) is 5.32. The summed E-state index contributed by atoms with van der Waals surface area (Å²) in [5.74, 6) is -0.339. The van der Waals surface area contributed by atoms with E-state index in [9.17, 15) is 9.59 Å². The first-order valence-electron chi connectivity index (χ1n) is 11.9. The number of amides is 2. The number of H-pyrrole nitrogens is 1. The van der Waals surface area contributed by atoms with E-state index in [2.05, 4.69) is 37.9 Å². The monoisotopic (exact) mass is 473 g/mol. The third-order valence-corrected chi connectivity index (χ3v) is 6.38. The van der Waals surface area contributed by atoms with Crippen LogP contribution in [0.25, 0.3) is 33.2 Å². The number of carbonyl (C=O) groups is 2. The van der Waals surface area contributed by atoms with Gasteiger partial charge in [-0.15, -0.1) is 0 Å². The van der Waals surface area contributed by atoms with Gasteiger partial charge in [0.05, 0.1) is 17.4 Å². The highest BCUT2D eigenvalue weighted by molar-refractivity contribution is 6.11. The lowest BCUT2D eigenvalue weighted by molar-refractivity contribution is -0.116. The van der Waals surface area contributed by atoms with Crippen molar-refractivity contribution in [1.29, 1.82) is 0 Å². The van der Waals surface area contributed by atoms with Gasteiger partial charge in [-0.1, -0.05) is 42.5 Å². The second-order valence-corrected chi connectivity index (χ2v) is 8.93. The van der Waals surface area contributed by atoms with Crippen LogP contribution >= 0.6 is 0 Å². The quantitative estimate of drug-likeness (QED) is 0.264. The Kier molecular flexibility index (Phi) is 5.50. The maximum absolute atomic E-state index is 13.2. The number of nitrogens with one attached hydrogen (secondary N) is 3. The van der Waals surface area contributed by atoms with Crippen LogP contribution in [0.1, 0.15) is 28.9 Å². The van der Waals surface area contributed by atoms with Crippen molar-refractivity contribution in [2.45, 2.75) is 19.3 Å². The number of aryl methyl sites for hydroxylation is 1. The molecule has 0 atom stereocenters. The van der Waals surface area contributed by atoms with E-state index in [1.165, 1.54) is 0 Å². The topological polar surface area (TPSA) is 99.8 Å². The van der Waals surface area contributed by atoms with E-state index < -0.39 is 0 Å². The Morgan fingerprint density at radius 2 is 1.50 bits per heavy atom. The van der Waals surface area contributed by atoms with E-state index in [-0.39, 0.29) is 11.8 Å². The molecule has 3 N–H and O–H groups in total. The normalized spacial score (nSPS) is 13.8. The summed E-state index contributed by atoms with van der Waals surface area (Å²) in [7, 11) is 0. The van der Waals surface area contributed by atoms with Crippen LogP contribution in [0, 0.1) is 0 Å². The zero-order valence-corrected chi connectivity index (χ0v) is 19.4. The molecule has 36 heavy (non-hydrogen) atoms. The van der Waals surface area contributed by atoms with Gasteiger partial charge in [0, 0.05) is 29.3 Å². The highest BCUT2D eigenvalue weighted by Gasteiger charge is 2.16. The molecule has 7 nitrogen and oxygen atoms in total. The number of carbonyl (C=O) groups excluding carboxylic acids is 2. The number of aromatic nitrogens is 3. The molecule has 1 aliphatic rings. The molecule has 7 heteroatoms. The summed E-state index contributed by atoms with van der Waals surface area (Å²) < 4.78 is 0. The second kappa shape index (κ2) is 9.11. The van der Waals surface area contributed by atoms with Gasteiger partial charge in [0.15, 0.2) is 5.69 Å².